The molecular weight excluding hydrogens is 422 g/mol. The van der Waals surface area contributed by atoms with E-state index in [9.17, 15) is 9.59 Å². The zero-order chi connectivity index (χ0) is 23.5. The number of hydrogen-bond donors (Lipinski definition) is 0. The second-order valence-electron chi connectivity index (χ2n) is 8.47. The maximum Gasteiger partial charge on any atom is 0.258 e. The third-order valence-corrected chi connectivity index (χ3v) is 5.78. The van der Waals surface area contributed by atoms with Gasteiger partial charge in [-0.15, -0.1) is 0 Å². The van der Waals surface area contributed by atoms with E-state index in [-0.39, 0.29) is 17.4 Å². The number of aromatic nitrogens is 3. The molecule has 174 valence electrons. The summed E-state index contributed by atoms with van der Waals surface area (Å²) < 4.78 is 12.5. The normalized spacial score (nSPS) is 14.1. The minimum atomic E-state index is -0.151. The van der Waals surface area contributed by atoms with Crippen molar-refractivity contribution in [3.63, 3.8) is 0 Å². The summed E-state index contributed by atoms with van der Waals surface area (Å²) in [6.07, 6.45) is 5.11. The Hall–Kier alpha value is -3.62. The lowest BCUT2D eigenvalue weighted by Gasteiger charge is -2.35. The van der Waals surface area contributed by atoms with E-state index in [2.05, 4.69) is 14.9 Å². The Bertz CT molecular complexity index is 1200. The molecule has 4 rings (SSSR count). The molecule has 1 amide bonds. The molecule has 9 heteroatoms. The Morgan fingerprint density at radius 3 is 2.18 bits per heavy atom. The molecule has 2 aromatic heterocycles. The van der Waals surface area contributed by atoms with Crippen LogP contribution in [0.25, 0.3) is 10.8 Å². The van der Waals surface area contributed by atoms with Gasteiger partial charge in [0, 0.05) is 56.7 Å². The van der Waals surface area contributed by atoms with Crippen LogP contribution >= 0.6 is 0 Å². The second-order valence-corrected chi connectivity index (χ2v) is 8.47. The lowest BCUT2D eigenvalue weighted by atomic mass is 10.0. The van der Waals surface area contributed by atoms with E-state index in [1.54, 1.807) is 41.4 Å². The fourth-order valence-corrected chi connectivity index (χ4v) is 4.15. The van der Waals surface area contributed by atoms with E-state index in [1.165, 1.54) is 14.2 Å². The Labute approximate surface area is 192 Å². The molecule has 0 spiro atoms. The van der Waals surface area contributed by atoms with Crippen LogP contribution in [0.5, 0.6) is 11.5 Å². The minimum Gasteiger partial charge on any atom is -0.493 e. The summed E-state index contributed by atoms with van der Waals surface area (Å²) in [7, 11) is 3.07. The zero-order valence-electron chi connectivity index (χ0n) is 19.4. The highest BCUT2D eigenvalue weighted by Gasteiger charge is 2.26. The molecular formula is C24H29N5O4. The first-order chi connectivity index (χ1) is 15.9. The number of pyridine rings is 1. The Kier molecular flexibility index (Phi) is 6.48. The van der Waals surface area contributed by atoms with Gasteiger partial charge in [0.25, 0.3) is 11.5 Å². The maximum absolute atomic E-state index is 13.6. The van der Waals surface area contributed by atoms with Crippen LogP contribution in [-0.4, -0.2) is 65.7 Å². The van der Waals surface area contributed by atoms with Gasteiger partial charge in [0.15, 0.2) is 11.5 Å². The first kappa shape index (κ1) is 22.6. The first-order valence-electron chi connectivity index (χ1n) is 11.0. The molecule has 0 N–H and O–H groups in total. The summed E-state index contributed by atoms with van der Waals surface area (Å²) in [6, 6.07) is 5.16. The van der Waals surface area contributed by atoms with Crippen molar-refractivity contribution in [2.45, 2.75) is 20.4 Å². The van der Waals surface area contributed by atoms with Crippen LogP contribution < -0.4 is 19.9 Å². The molecule has 1 aromatic carbocycles. The van der Waals surface area contributed by atoms with E-state index in [0.717, 1.165) is 0 Å². The average Bonchev–Trinajstić information content (AvgIpc) is 2.85. The minimum absolute atomic E-state index is 0.113. The summed E-state index contributed by atoms with van der Waals surface area (Å²) >= 11 is 0. The molecule has 0 atom stereocenters. The number of carbonyl (C=O) groups excluding carboxylic acids is 1. The van der Waals surface area contributed by atoms with Gasteiger partial charge in [0.1, 0.15) is 0 Å². The lowest BCUT2D eigenvalue weighted by Crippen LogP contribution is -2.49. The van der Waals surface area contributed by atoms with Gasteiger partial charge in [0.05, 0.1) is 25.2 Å². The second kappa shape index (κ2) is 9.48. The number of nitrogens with zero attached hydrogens (tertiary/aromatic N) is 5. The van der Waals surface area contributed by atoms with Crippen LogP contribution in [0, 0.1) is 5.92 Å². The number of ether oxygens (including phenoxy) is 2. The molecule has 0 radical (unpaired) electrons. The Balaban J connectivity index is 1.71. The standard InChI is InChI=1S/C24H29N5O4/c1-16(2)14-29-15-19(17-12-20(32-3)21(33-4)13-18(17)22(29)30)23(31)27-8-10-28(11-9-27)24-25-6-5-7-26-24/h5-7,12-13,15-16H,8-11,14H2,1-4H3. The van der Waals surface area contributed by atoms with E-state index < -0.39 is 0 Å². The van der Waals surface area contributed by atoms with Crippen LogP contribution in [-0.2, 0) is 6.54 Å². The highest BCUT2D eigenvalue weighted by Crippen LogP contribution is 2.33. The molecule has 0 aliphatic carbocycles. The summed E-state index contributed by atoms with van der Waals surface area (Å²) in [6.45, 7) is 6.94. The topological polar surface area (TPSA) is 89.8 Å². The van der Waals surface area contributed by atoms with Crippen LogP contribution in [0.1, 0.15) is 24.2 Å². The van der Waals surface area contributed by atoms with Crippen molar-refractivity contribution in [2.24, 2.45) is 5.92 Å². The summed E-state index contributed by atoms with van der Waals surface area (Å²) in [4.78, 5) is 39.3. The monoisotopic (exact) mass is 451 g/mol. The van der Waals surface area contributed by atoms with E-state index in [1.807, 2.05) is 18.7 Å². The van der Waals surface area contributed by atoms with Crippen LogP contribution in [0.15, 0.2) is 41.6 Å². The molecule has 0 unspecified atom stereocenters. The van der Waals surface area contributed by atoms with Crippen molar-refractivity contribution < 1.29 is 14.3 Å². The van der Waals surface area contributed by atoms with E-state index in [4.69, 9.17) is 9.47 Å². The van der Waals surface area contributed by atoms with Crippen molar-refractivity contribution >= 4 is 22.6 Å². The van der Waals surface area contributed by atoms with Gasteiger partial charge in [0.2, 0.25) is 5.95 Å². The Morgan fingerprint density at radius 2 is 1.61 bits per heavy atom. The molecule has 3 heterocycles. The van der Waals surface area contributed by atoms with Gasteiger partial charge in [-0.3, -0.25) is 9.59 Å². The van der Waals surface area contributed by atoms with Crippen molar-refractivity contribution in [2.75, 3.05) is 45.3 Å². The number of piperazine rings is 1. The number of fused-ring (bicyclic) bond motifs is 1. The molecule has 3 aromatic rings. The molecule has 1 aliphatic heterocycles. The lowest BCUT2D eigenvalue weighted by molar-refractivity contribution is 0.0747. The number of benzene rings is 1. The third-order valence-electron chi connectivity index (χ3n) is 5.78. The zero-order valence-corrected chi connectivity index (χ0v) is 19.4. The highest BCUT2D eigenvalue weighted by molar-refractivity contribution is 6.07. The van der Waals surface area contributed by atoms with Gasteiger partial charge in [-0.25, -0.2) is 9.97 Å². The molecule has 1 fully saturated rings. The predicted molar refractivity (Wildman–Crippen MR) is 126 cm³/mol. The molecule has 1 saturated heterocycles. The van der Waals surface area contributed by atoms with Crippen LogP contribution in [0.4, 0.5) is 5.95 Å². The van der Waals surface area contributed by atoms with Gasteiger partial charge in [-0.05, 0) is 24.1 Å². The number of carbonyl (C=O) groups is 1. The van der Waals surface area contributed by atoms with Gasteiger partial charge in [-0.2, -0.15) is 0 Å². The highest BCUT2D eigenvalue weighted by atomic mass is 16.5. The number of amides is 1. The number of rotatable bonds is 6. The molecule has 33 heavy (non-hydrogen) atoms. The maximum atomic E-state index is 13.6. The number of methoxy groups -OCH3 is 2. The van der Waals surface area contributed by atoms with Crippen molar-refractivity contribution in [3.8, 4) is 11.5 Å². The smallest absolute Gasteiger partial charge is 0.258 e. The van der Waals surface area contributed by atoms with Crippen molar-refractivity contribution in [1.29, 1.82) is 0 Å². The molecule has 9 nitrogen and oxygen atoms in total. The summed E-state index contributed by atoms with van der Waals surface area (Å²) in [5.74, 6) is 1.73. The SMILES string of the molecule is COc1cc2c(C(=O)N3CCN(c4ncccn4)CC3)cn(CC(C)C)c(=O)c2cc1OC. The van der Waals surface area contributed by atoms with Gasteiger partial charge in [-0.1, -0.05) is 13.8 Å². The number of anilines is 1. The summed E-state index contributed by atoms with van der Waals surface area (Å²) in [5.41, 5.74) is 0.331. The largest absolute Gasteiger partial charge is 0.493 e. The quantitative estimate of drug-likeness (QED) is 0.569. The average molecular weight is 452 g/mol. The summed E-state index contributed by atoms with van der Waals surface area (Å²) in [5, 5.41) is 1.01. The van der Waals surface area contributed by atoms with E-state index in [0.29, 0.717) is 66.5 Å². The van der Waals surface area contributed by atoms with Gasteiger partial charge >= 0.3 is 0 Å². The Morgan fingerprint density at radius 1 is 1.00 bits per heavy atom. The van der Waals surface area contributed by atoms with Crippen molar-refractivity contribution in [3.05, 3.63) is 52.7 Å². The molecule has 0 saturated carbocycles. The number of hydrogen-bond acceptors (Lipinski definition) is 7. The van der Waals surface area contributed by atoms with Gasteiger partial charge < -0.3 is 23.8 Å². The fraction of sp³-hybridized carbons (Fsp3) is 0.417. The van der Waals surface area contributed by atoms with Crippen molar-refractivity contribution in [1.82, 2.24) is 19.4 Å². The van der Waals surface area contributed by atoms with Crippen LogP contribution in [0.2, 0.25) is 0 Å². The molecule has 1 aliphatic rings. The van der Waals surface area contributed by atoms with Crippen LogP contribution in [0.3, 0.4) is 0 Å². The predicted octanol–water partition coefficient (Wildman–Crippen LogP) is 2.43. The third kappa shape index (κ3) is 4.48. The first-order valence-corrected chi connectivity index (χ1v) is 11.0. The fourth-order valence-electron chi connectivity index (χ4n) is 4.15. The molecule has 0 bridgehead atoms. The van der Waals surface area contributed by atoms with E-state index >= 15 is 0 Å².